The highest BCUT2D eigenvalue weighted by Crippen LogP contribution is 2.36. The Labute approximate surface area is 96.8 Å². The minimum absolute atomic E-state index is 0.270. The Hall–Kier alpha value is -0.690. The van der Waals surface area contributed by atoms with Gasteiger partial charge in [-0.1, -0.05) is 26.0 Å². The van der Waals surface area contributed by atoms with Crippen LogP contribution in [0.1, 0.15) is 31.4 Å². The lowest BCUT2D eigenvalue weighted by Crippen LogP contribution is -2.19. The van der Waals surface area contributed by atoms with Crippen molar-refractivity contribution in [3.05, 3.63) is 29.3 Å². The second-order valence-corrected chi connectivity index (χ2v) is 5.29. The molecule has 0 radical (unpaired) electrons. The number of hydrogen-bond donors (Lipinski definition) is 1. The predicted molar refractivity (Wildman–Crippen MR) is 67.0 cm³/mol. The minimum Gasteiger partial charge on any atom is -0.384 e. The van der Waals surface area contributed by atoms with Crippen LogP contribution in [0.25, 0.3) is 0 Å². The highest BCUT2D eigenvalue weighted by Gasteiger charge is 2.29. The summed E-state index contributed by atoms with van der Waals surface area (Å²) in [5, 5.41) is 3.45. The van der Waals surface area contributed by atoms with E-state index in [1.807, 2.05) is 0 Å². The van der Waals surface area contributed by atoms with Crippen LogP contribution in [0.15, 0.2) is 18.2 Å². The monoisotopic (exact) mass is 223 g/mol. The molecule has 1 nitrogen and oxygen atoms in total. The topological polar surface area (TPSA) is 12.0 Å². The van der Waals surface area contributed by atoms with E-state index in [-0.39, 0.29) is 5.41 Å². The van der Waals surface area contributed by atoms with Crippen LogP contribution >= 0.6 is 11.6 Å². The van der Waals surface area contributed by atoms with Crippen LogP contribution in [0.3, 0.4) is 0 Å². The summed E-state index contributed by atoms with van der Waals surface area (Å²) in [7, 11) is 0. The van der Waals surface area contributed by atoms with Crippen molar-refractivity contribution < 1.29 is 0 Å². The van der Waals surface area contributed by atoms with Crippen LogP contribution in [0, 0.1) is 0 Å². The number of halogens is 1. The number of benzene rings is 1. The number of anilines is 1. The van der Waals surface area contributed by atoms with Gasteiger partial charge in [-0.15, -0.1) is 11.6 Å². The zero-order valence-corrected chi connectivity index (χ0v) is 10.2. The number of fused-ring (bicyclic) bond motifs is 1. The zero-order valence-electron chi connectivity index (χ0n) is 9.44. The van der Waals surface area contributed by atoms with Crippen LogP contribution < -0.4 is 5.32 Å². The normalized spacial score (nSPS) is 17.3. The summed E-state index contributed by atoms with van der Waals surface area (Å²) in [5.41, 5.74) is 4.43. The Morgan fingerprint density at radius 1 is 1.40 bits per heavy atom. The van der Waals surface area contributed by atoms with Crippen molar-refractivity contribution in [1.82, 2.24) is 0 Å². The van der Waals surface area contributed by atoms with E-state index in [2.05, 4.69) is 37.4 Å². The van der Waals surface area contributed by atoms with Gasteiger partial charge in [0.05, 0.1) is 0 Å². The quantitative estimate of drug-likeness (QED) is 0.773. The summed E-state index contributed by atoms with van der Waals surface area (Å²) in [6, 6.07) is 6.75. The van der Waals surface area contributed by atoms with Crippen molar-refractivity contribution in [2.24, 2.45) is 0 Å². The molecule has 0 amide bonds. The largest absolute Gasteiger partial charge is 0.384 e. The first-order valence-corrected chi connectivity index (χ1v) is 6.10. The van der Waals surface area contributed by atoms with E-state index in [0.29, 0.717) is 0 Å². The molecule has 1 aromatic rings. The fourth-order valence-electron chi connectivity index (χ4n) is 2.14. The molecule has 15 heavy (non-hydrogen) atoms. The molecule has 82 valence electrons. The third-order valence-corrected chi connectivity index (χ3v) is 3.40. The SMILES string of the molecule is CC1(C)CNc2ccc(CCCCl)cc21. The van der Waals surface area contributed by atoms with Gasteiger partial charge in [0.15, 0.2) is 0 Å². The molecule has 1 aliphatic rings. The highest BCUT2D eigenvalue weighted by atomic mass is 35.5. The standard InChI is InChI=1S/C13H18ClN/c1-13(2)9-15-12-6-5-10(4-3-7-14)8-11(12)13/h5-6,8,15H,3-4,7,9H2,1-2H3. The van der Waals surface area contributed by atoms with E-state index >= 15 is 0 Å². The average molecular weight is 224 g/mol. The van der Waals surface area contributed by atoms with Gasteiger partial charge in [0.25, 0.3) is 0 Å². The van der Waals surface area contributed by atoms with Gasteiger partial charge in [0.1, 0.15) is 0 Å². The van der Waals surface area contributed by atoms with Crippen LogP contribution in [0.2, 0.25) is 0 Å². The first kappa shape index (κ1) is 10.8. The summed E-state index contributed by atoms with van der Waals surface area (Å²) in [6.45, 7) is 5.62. The van der Waals surface area contributed by atoms with Crippen LogP contribution in [0.5, 0.6) is 0 Å². The number of nitrogens with one attached hydrogen (secondary N) is 1. The predicted octanol–water partition coefficient (Wildman–Crippen LogP) is 3.56. The molecule has 0 saturated carbocycles. The Morgan fingerprint density at radius 3 is 2.93 bits per heavy atom. The molecule has 0 spiro atoms. The molecule has 2 heteroatoms. The molecular weight excluding hydrogens is 206 g/mol. The Balaban J connectivity index is 2.25. The second kappa shape index (κ2) is 4.05. The van der Waals surface area contributed by atoms with E-state index in [9.17, 15) is 0 Å². The molecule has 2 rings (SSSR count). The van der Waals surface area contributed by atoms with Gasteiger partial charge >= 0.3 is 0 Å². The summed E-state index contributed by atoms with van der Waals surface area (Å²) >= 11 is 5.71. The molecule has 1 heterocycles. The molecule has 1 aromatic carbocycles. The lowest BCUT2D eigenvalue weighted by Gasteiger charge is -2.17. The van der Waals surface area contributed by atoms with E-state index in [1.165, 1.54) is 16.8 Å². The smallest absolute Gasteiger partial charge is 0.0379 e. The second-order valence-electron chi connectivity index (χ2n) is 4.91. The first-order valence-electron chi connectivity index (χ1n) is 5.57. The number of rotatable bonds is 3. The average Bonchev–Trinajstić information content (AvgIpc) is 2.52. The summed E-state index contributed by atoms with van der Waals surface area (Å²) in [5.74, 6) is 0.749. The summed E-state index contributed by atoms with van der Waals surface area (Å²) < 4.78 is 0. The maximum absolute atomic E-state index is 5.71. The third kappa shape index (κ3) is 2.12. The molecule has 0 aromatic heterocycles. The van der Waals surface area contributed by atoms with Crippen LogP contribution in [0.4, 0.5) is 5.69 Å². The maximum Gasteiger partial charge on any atom is 0.0379 e. The lowest BCUT2D eigenvalue weighted by molar-refractivity contribution is 0.585. The Bertz CT molecular complexity index is 358. The number of hydrogen-bond acceptors (Lipinski definition) is 1. The molecule has 0 bridgehead atoms. The van der Waals surface area contributed by atoms with Crippen molar-refractivity contribution >= 4 is 17.3 Å². The van der Waals surface area contributed by atoms with Crippen molar-refractivity contribution in [2.75, 3.05) is 17.7 Å². The highest BCUT2D eigenvalue weighted by molar-refractivity contribution is 6.17. The fraction of sp³-hybridized carbons (Fsp3) is 0.538. The van der Waals surface area contributed by atoms with E-state index < -0.39 is 0 Å². The fourth-order valence-corrected chi connectivity index (χ4v) is 2.28. The van der Waals surface area contributed by atoms with Crippen molar-refractivity contribution in [1.29, 1.82) is 0 Å². The van der Waals surface area contributed by atoms with E-state index in [0.717, 1.165) is 25.3 Å². The van der Waals surface area contributed by atoms with Gasteiger partial charge < -0.3 is 5.32 Å². The van der Waals surface area contributed by atoms with Crippen molar-refractivity contribution in [3.63, 3.8) is 0 Å². The third-order valence-electron chi connectivity index (χ3n) is 3.13. The molecule has 0 saturated heterocycles. The van der Waals surface area contributed by atoms with E-state index in [1.54, 1.807) is 0 Å². The zero-order chi connectivity index (χ0) is 10.9. The minimum atomic E-state index is 0.270. The number of aryl methyl sites for hydroxylation is 1. The van der Waals surface area contributed by atoms with Gasteiger partial charge in [0.2, 0.25) is 0 Å². The molecule has 0 unspecified atom stereocenters. The molecule has 1 aliphatic heterocycles. The molecule has 0 aliphatic carbocycles. The van der Waals surface area contributed by atoms with Crippen LogP contribution in [-0.4, -0.2) is 12.4 Å². The molecule has 1 N–H and O–H groups in total. The Morgan fingerprint density at radius 2 is 2.20 bits per heavy atom. The van der Waals surface area contributed by atoms with Gasteiger partial charge in [-0.2, -0.15) is 0 Å². The first-order chi connectivity index (χ1) is 7.13. The van der Waals surface area contributed by atoms with Gasteiger partial charge in [-0.25, -0.2) is 0 Å². The summed E-state index contributed by atoms with van der Waals surface area (Å²) in [4.78, 5) is 0. The van der Waals surface area contributed by atoms with Crippen molar-refractivity contribution in [3.8, 4) is 0 Å². The van der Waals surface area contributed by atoms with Gasteiger partial charge in [0, 0.05) is 23.5 Å². The van der Waals surface area contributed by atoms with Crippen LogP contribution in [-0.2, 0) is 11.8 Å². The molecular formula is C13H18ClN. The summed E-state index contributed by atoms with van der Waals surface area (Å²) in [6.07, 6.45) is 2.15. The van der Waals surface area contributed by atoms with Gasteiger partial charge in [-0.05, 0) is 30.0 Å². The van der Waals surface area contributed by atoms with Gasteiger partial charge in [-0.3, -0.25) is 0 Å². The Kier molecular flexibility index (Phi) is 2.92. The van der Waals surface area contributed by atoms with E-state index in [4.69, 9.17) is 11.6 Å². The molecule has 0 fully saturated rings. The van der Waals surface area contributed by atoms with Crippen molar-refractivity contribution in [2.45, 2.75) is 32.1 Å². The lowest BCUT2D eigenvalue weighted by atomic mass is 9.86. The maximum atomic E-state index is 5.71. The number of alkyl halides is 1. The molecule has 0 atom stereocenters.